The fraction of sp³-hybridized carbons (Fsp3) is 0.514. The highest BCUT2D eigenvalue weighted by atomic mass is 79.9. The van der Waals surface area contributed by atoms with E-state index in [2.05, 4.69) is 69.3 Å². The molecule has 14 heteroatoms. The SMILES string of the molecule is COc1cc(S(C)(=O)=O)c(O[Si](C(C)C)(C(C)C)C(C)C)cc1N(CC#Cc1cc2c(Br)cccc2n1CC(F)(F)F)C(=O)OC(C)(C)C. The molecule has 0 aliphatic heterocycles. The normalized spacial score (nSPS) is 12.8. The third-order valence-corrected chi connectivity index (χ3v) is 16.0. The van der Waals surface area contributed by atoms with Crippen molar-refractivity contribution < 1.29 is 40.3 Å². The van der Waals surface area contributed by atoms with Gasteiger partial charge < -0.3 is 18.5 Å². The fourth-order valence-electron chi connectivity index (χ4n) is 6.29. The maximum atomic E-state index is 13.8. The Bertz CT molecular complexity index is 1830. The molecule has 1 amide bonds. The van der Waals surface area contributed by atoms with E-state index in [1.54, 1.807) is 45.0 Å². The number of nitrogens with zero attached hydrogens (tertiary/aromatic N) is 2. The van der Waals surface area contributed by atoms with Crippen molar-refractivity contribution in [3.8, 4) is 23.3 Å². The van der Waals surface area contributed by atoms with Crippen LogP contribution in [0.4, 0.5) is 23.7 Å². The Morgan fingerprint density at radius 1 is 1.00 bits per heavy atom. The van der Waals surface area contributed by atoms with E-state index in [1.807, 2.05) is 0 Å². The number of halogens is 4. The van der Waals surface area contributed by atoms with Gasteiger partial charge in [-0.1, -0.05) is 69.5 Å². The average molecular weight is 788 g/mol. The average Bonchev–Trinajstić information content (AvgIpc) is 3.28. The van der Waals surface area contributed by atoms with Gasteiger partial charge in [0.05, 0.1) is 30.6 Å². The van der Waals surface area contributed by atoms with Crippen LogP contribution in [-0.2, 0) is 21.1 Å². The molecule has 0 atom stereocenters. The van der Waals surface area contributed by atoms with Gasteiger partial charge >= 0.3 is 12.3 Å². The predicted octanol–water partition coefficient (Wildman–Crippen LogP) is 9.73. The molecule has 3 rings (SSSR count). The van der Waals surface area contributed by atoms with Crippen LogP contribution in [0.1, 0.15) is 68.0 Å². The van der Waals surface area contributed by atoms with Gasteiger partial charge in [0.15, 0.2) is 9.84 Å². The summed E-state index contributed by atoms with van der Waals surface area (Å²) in [4.78, 5) is 14.9. The molecular weight excluding hydrogens is 741 g/mol. The third-order valence-electron chi connectivity index (χ3n) is 8.23. The van der Waals surface area contributed by atoms with Crippen LogP contribution in [0.5, 0.6) is 11.5 Å². The number of sulfone groups is 1. The number of amides is 1. The zero-order valence-electron chi connectivity index (χ0n) is 29.9. The van der Waals surface area contributed by atoms with E-state index in [0.29, 0.717) is 15.4 Å². The smallest absolute Gasteiger partial charge is 0.415 e. The van der Waals surface area contributed by atoms with Gasteiger partial charge in [-0.05, 0) is 61.5 Å². The van der Waals surface area contributed by atoms with Crippen molar-refractivity contribution in [2.45, 2.75) is 102 Å². The summed E-state index contributed by atoms with van der Waals surface area (Å²) in [5, 5.41) is 0.549. The Morgan fingerprint density at radius 2 is 1.59 bits per heavy atom. The molecule has 0 fully saturated rings. The van der Waals surface area contributed by atoms with Crippen LogP contribution in [0.15, 0.2) is 45.8 Å². The zero-order chi connectivity index (χ0) is 37.3. The lowest BCUT2D eigenvalue weighted by atomic mass is 10.2. The van der Waals surface area contributed by atoms with E-state index in [4.69, 9.17) is 13.9 Å². The van der Waals surface area contributed by atoms with Crippen molar-refractivity contribution in [1.29, 1.82) is 0 Å². The minimum absolute atomic E-state index is 0.0430. The monoisotopic (exact) mass is 786 g/mol. The number of hydrogen-bond donors (Lipinski definition) is 0. The van der Waals surface area contributed by atoms with Crippen molar-refractivity contribution >= 4 is 56.8 Å². The molecule has 0 spiro atoms. The number of methoxy groups -OCH3 is 1. The molecule has 1 heterocycles. The van der Waals surface area contributed by atoms with Gasteiger partial charge in [-0.3, -0.25) is 4.90 Å². The van der Waals surface area contributed by atoms with Crippen LogP contribution < -0.4 is 14.1 Å². The third kappa shape index (κ3) is 9.35. The number of ether oxygens (including phenoxy) is 2. The molecule has 0 saturated carbocycles. The van der Waals surface area contributed by atoms with E-state index >= 15 is 0 Å². The molecule has 270 valence electrons. The molecule has 0 bridgehead atoms. The standard InChI is InChI=1S/C35H46BrF3N2O6SSi/c1-22(2)49(23(3)4,24(5)6)47-31-19-29(30(45-10)20-32(31)48(11,43)44)40(33(42)46-34(7,8)9)17-13-14-25-18-26-27(36)15-12-16-28(26)41(25)21-35(37,38)39/h12,15-16,18-20,22-24H,17,21H2,1-11H3. The molecule has 0 radical (unpaired) electrons. The maximum Gasteiger partial charge on any atom is 0.415 e. The van der Waals surface area contributed by atoms with Crippen molar-refractivity contribution in [2.75, 3.05) is 24.8 Å². The summed E-state index contributed by atoms with van der Waals surface area (Å²) in [5.74, 6) is 5.80. The number of anilines is 1. The Labute approximate surface area is 297 Å². The van der Waals surface area contributed by atoms with Crippen LogP contribution in [0, 0.1) is 11.8 Å². The molecular formula is C35H46BrF3N2O6SSi. The summed E-state index contributed by atoms with van der Waals surface area (Å²) < 4.78 is 87.1. The van der Waals surface area contributed by atoms with Gasteiger partial charge in [0.2, 0.25) is 0 Å². The summed E-state index contributed by atoms with van der Waals surface area (Å²) in [6, 6.07) is 9.29. The first-order chi connectivity index (χ1) is 22.4. The Balaban J connectivity index is 2.29. The molecule has 3 aromatic rings. The van der Waals surface area contributed by atoms with Gasteiger partial charge in [0.1, 0.15) is 28.5 Å². The van der Waals surface area contributed by atoms with Crippen LogP contribution in [0.3, 0.4) is 0 Å². The molecule has 0 aliphatic rings. The van der Waals surface area contributed by atoms with Crippen molar-refractivity contribution in [2.24, 2.45) is 0 Å². The van der Waals surface area contributed by atoms with Gasteiger partial charge in [-0.2, -0.15) is 13.2 Å². The highest BCUT2D eigenvalue weighted by Gasteiger charge is 2.48. The maximum absolute atomic E-state index is 13.8. The second kappa shape index (κ2) is 15.0. The van der Waals surface area contributed by atoms with Gasteiger partial charge in [-0.25, -0.2) is 13.2 Å². The quantitative estimate of drug-likeness (QED) is 0.150. The van der Waals surface area contributed by atoms with E-state index in [-0.39, 0.29) is 50.9 Å². The Morgan fingerprint density at radius 3 is 2.08 bits per heavy atom. The lowest BCUT2D eigenvalue weighted by Crippen LogP contribution is -2.51. The second-order valence-corrected chi connectivity index (χ2v) is 22.1. The summed E-state index contributed by atoms with van der Waals surface area (Å²) in [5.41, 5.74) is -0.0691. The number of carbonyl (C=O) groups is 1. The first-order valence-electron chi connectivity index (χ1n) is 15.9. The number of carbonyl (C=O) groups excluding carboxylic acids is 1. The summed E-state index contributed by atoms with van der Waals surface area (Å²) in [7, 11) is -5.21. The summed E-state index contributed by atoms with van der Waals surface area (Å²) >= 11 is 3.40. The van der Waals surface area contributed by atoms with Gasteiger partial charge in [-0.15, -0.1) is 0 Å². The van der Waals surface area contributed by atoms with Crippen molar-refractivity contribution in [3.63, 3.8) is 0 Å². The number of benzene rings is 2. The summed E-state index contributed by atoms with van der Waals surface area (Å²) in [6.45, 7) is 15.9. The Hall–Kier alpha value is -3.15. The lowest BCUT2D eigenvalue weighted by molar-refractivity contribution is -0.140. The van der Waals surface area contributed by atoms with E-state index in [0.717, 1.165) is 10.8 Å². The molecule has 0 N–H and O–H groups in total. The van der Waals surface area contributed by atoms with Gasteiger partial charge in [0.25, 0.3) is 8.32 Å². The van der Waals surface area contributed by atoms with E-state index < -0.39 is 42.6 Å². The first kappa shape index (κ1) is 40.3. The minimum atomic E-state index is -4.52. The molecule has 8 nitrogen and oxygen atoms in total. The molecule has 0 aliphatic carbocycles. The highest BCUT2D eigenvalue weighted by molar-refractivity contribution is 9.10. The summed E-state index contributed by atoms with van der Waals surface area (Å²) in [6.07, 6.45) is -4.26. The number of rotatable bonds is 10. The fourth-order valence-corrected chi connectivity index (χ4v) is 12.9. The Kier molecular flexibility index (Phi) is 12.3. The number of fused-ring (bicyclic) bond motifs is 1. The molecule has 0 saturated heterocycles. The molecule has 0 unspecified atom stereocenters. The van der Waals surface area contributed by atoms with E-state index in [9.17, 15) is 26.4 Å². The highest BCUT2D eigenvalue weighted by Crippen LogP contribution is 2.46. The number of alkyl halides is 3. The largest absolute Gasteiger partial charge is 0.542 e. The number of hydrogen-bond acceptors (Lipinski definition) is 6. The number of aromatic nitrogens is 1. The zero-order valence-corrected chi connectivity index (χ0v) is 33.3. The topological polar surface area (TPSA) is 87.1 Å². The first-order valence-corrected chi connectivity index (χ1v) is 20.7. The second-order valence-electron chi connectivity index (χ2n) is 13.9. The van der Waals surface area contributed by atoms with Crippen molar-refractivity contribution in [3.05, 3.63) is 46.6 Å². The van der Waals surface area contributed by atoms with Crippen LogP contribution in [0.2, 0.25) is 16.6 Å². The van der Waals surface area contributed by atoms with Gasteiger partial charge in [0, 0.05) is 28.2 Å². The van der Waals surface area contributed by atoms with E-state index in [1.165, 1.54) is 24.1 Å². The minimum Gasteiger partial charge on any atom is -0.542 e. The van der Waals surface area contributed by atoms with Crippen LogP contribution >= 0.6 is 15.9 Å². The molecule has 2 aromatic carbocycles. The van der Waals surface area contributed by atoms with Crippen molar-refractivity contribution in [1.82, 2.24) is 4.57 Å². The van der Waals surface area contributed by atoms with Crippen LogP contribution in [0.25, 0.3) is 10.9 Å². The molecule has 1 aromatic heterocycles. The molecule has 49 heavy (non-hydrogen) atoms. The predicted molar refractivity (Wildman–Crippen MR) is 194 cm³/mol. The lowest BCUT2D eigenvalue weighted by Gasteiger charge is -2.42. The van der Waals surface area contributed by atoms with Crippen LogP contribution in [-0.4, -0.2) is 59.1 Å².